The van der Waals surface area contributed by atoms with Crippen LogP contribution in [-0.4, -0.2) is 44.9 Å². The topological polar surface area (TPSA) is 75.7 Å². The lowest BCUT2D eigenvalue weighted by molar-refractivity contribution is -0.116. The zero-order valence-corrected chi connectivity index (χ0v) is 17.9. The molecular weight excluding hydrogens is 412 g/mol. The van der Waals surface area contributed by atoms with Crippen LogP contribution in [0.3, 0.4) is 0 Å². The van der Waals surface area contributed by atoms with Gasteiger partial charge in [-0.05, 0) is 42.2 Å². The van der Waals surface area contributed by atoms with Crippen molar-refractivity contribution < 1.29 is 17.9 Å². The second kappa shape index (κ2) is 9.71. The summed E-state index contributed by atoms with van der Waals surface area (Å²) in [6, 6.07) is 12.7. The Morgan fingerprint density at radius 1 is 1.10 bits per heavy atom. The molecule has 1 saturated heterocycles. The van der Waals surface area contributed by atoms with Crippen LogP contribution in [0, 0.1) is 0 Å². The van der Waals surface area contributed by atoms with Crippen molar-refractivity contribution in [3.05, 3.63) is 58.6 Å². The van der Waals surface area contributed by atoms with E-state index >= 15 is 0 Å². The molecule has 6 nitrogen and oxygen atoms in total. The number of amides is 1. The molecule has 0 bridgehead atoms. The number of morpholine rings is 1. The van der Waals surface area contributed by atoms with E-state index in [0.717, 1.165) is 12.0 Å². The molecule has 2 aromatic carbocycles. The maximum Gasteiger partial charge on any atom is 0.244 e. The van der Waals surface area contributed by atoms with Crippen molar-refractivity contribution >= 4 is 33.2 Å². The SMILES string of the molecule is CCc1ccc(CCC(=O)Nc2ccc(Cl)c(S(=O)(=O)N3CCOCC3)c2)cc1. The highest BCUT2D eigenvalue weighted by atomic mass is 35.5. The number of benzene rings is 2. The van der Waals surface area contributed by atoms with E-state index in [1.54, 1.807) is 6.07 Å². The van der Waals surface area contributed by atoms with Crippen molar-refractivity contribution in [3.8, 4) is 0 Å². The number of hydrogen-bond acceptors (Lipinski definition) is 4. The molecule has 8 heteroatoms. The molecule has 156 valence electrons. The summed E-state index contributed by atoms with van der Waals surface area (Å²) >= 11 is 6.15. The fourth-order valence-corrected chi connectivity index (χ4v) is 5.04. The summed E-state index contributed by atoms with van der Waals surface area (Å²) in [5, 5.41) is 2.90. The summed E-state index contributed by atoms with van der Waals surface area (Å²) < 4.78 is 32.3. The minimum atomic E-state index is -3.74. The van der Waals surface area contributed by atoms with Gasteiger partial charge in [-0.1, -0.05) is 42.8 Å². The second-order valence-electron chi connectivity index (χ2n) is 6.88. The molecule has 2 aromatic rings. The number of anilines is 1. The van der Waals surface area contributed by atoms with Gasteiger partial charge in [0.25, 0.3) is 0 Å². The van der Waals surface area contributed by atoms with Crippen LogP contribution >= 0.6 is 11.6 Å². The van der Waals surface area contributed by atoms with Crippen molar-refractivity contribution in [2.45, 2.75) is 31.1 Å². The molecule has 0 radical (unpaired) electrons. The lowest BCUT2D eigenvalue weighted by atomic mass is 10.1. The molecule has 1 aliphatic heterocycles. The Kier molecular flexibility index (Phi) is 7.29. The first-order valence-corrected chi connectivity index (χ1v) is 11.5. The van der Waals surface area contributed by atoms with Crippen molar-refractivity contribution in [1.29, 1.82) is 0 Å². The van der Waals surface area contributed by atoms with Gasteiger partial charge < -0.3 is 10.1 Å². The predicted molar refractivity (Wildman–Crippen MR) is 114 cm³/mol. The molecule has 1 N–H and O–H groups in total. The van der Waals surface area contributed by atoms with Crippen molar-refractivity contribution in [1.82, 2.24) is 4.31 Å². The lowest BCUT2D eigenvalue weighted by Gasteiger charge is -2.26. The van der Waals surface area contributed by atoms with Crippen LogP contribution in [0.2, 0.25) is 5.02 Å². The standard InChI is InChI=1S/C21H25ClN2O4S/c1-2-16-3-5-17(6-4-16)7-10-21(25)23-18-8-9-19(22)20(15-18)29(26,27)24-11-13-28-14-12-24/h3-6,8-9,15H,2,7,10-14H2,1H3,(H,23,25). The minimum Gasteiger partial charge on any atom is -0.379 e. The number of aryl methyl sites for hydroxylation is 2. The summed E-state index contributed by atoms with van der Waals surface area (Å²) in [6.45, 7) is 3.37. The van der Waals surface area contributed by atoms with Gasteiger partial charge in [0.05, 0.1) is 18.2 Å². The molecule has 1 aliphatic rings. The van der Waals surface area contributed by atoms with E-state index in [2.05, 4.69) is 24.4 Å². The fourth-order valence-electron chi connectivity index (χ4n) is 3.13. The van der Waals surface area contributed by atoms with Gasteiger partial charge in [-0.15, -0.1) is 0 Å². The van der Waals surface area contributed by atoms with Crippen LogP contribution in [0.1, 0.15) is 24.5 Å². The molecule has 0 atom stereocenters. The third-order valence-electron chi connectivity index (χ3n) is 4.87. The van der Waals surface area contributed by atoms with Crippen molar-refractivity contribution in [2.24, 2.45) is 0 Å². The highest BCUT2D eigenvalue weighted by Crippen LogP contribution is 2.28. The molecule has 3 rings (SSSR count). The summed E-state index contributed by atoms with van der Waals surface area (Å²) in [7, 11) is -3.74. The molecule has 0 spiro atoms. The quantitative estimate of drug-likeness (QED) is 0.720. The maximum absolute atomic E-state index is 12.9. The number of hydrogen-bond donors (Lipinski definition) is 1. The zero-order valence-electron chi connectivity index (χ0n) is 16.4. The Balaban J connectivity index is 1.66. The van der Waals surface area contributed by atoms with Crippen molar-refractivity contribution in [3.63, 3.8) is 0 Å². The number of rotatable bonds is 7. The van der Waals surface area contributed by atoms with E-state index in [-0.39, 0.29) is 28.9 Å². The summed E-state index contributed by atoms with van der Waals surface area (Å²) in [5.41, 5.74) is 2.75. The Labute approximate surface area is 176 Å². The van der Waals surface area contributed by atoms with E-state index in [9.17, 15) is 13.2 Å². The van der Waals surface area contributed by atoms with Gasteiger partial charge in [0.1, 0.15) is 4.90 Å². The number of nitrogens with zero attached hydrogens (tertiary/aromatic N) is 1. The van der Waals surface area contributed by atoms with E-state index in [1.807, 2.05) is 12.1 Å². The van der Waals surface area contributed by atoms with Crippen molar-refractivity contribution in [2.75, 3.05) is 31.6 Å². The van der Waals surface area contributed by atoms with E-state index in [4.69, 9.17) is 16.3 Å². The van der Waals surface area contributed by atoms with Gasteiger partial charge in [-0.25, -0.2) is 8.42 Å². The summed E-state index contributed by atoms with van der Waals surface area (Å²) in [5.74, 6) is -0.179. The smallest absolute Gasteiger partial charge is 0.244 e. The fraction of sp³-hybridized carbons (Fsp3) is 0.381. The zero-order chi connectivity index (χ0) is 20.9. The molecule has 1 amide bonds. The van der Waals surface area contributed by atoms with Gasteiger partial charge >= 0.3 is 0 Å². The maximum atomic E-state index is 12.9. The third kappa shape index (κ3) is 5.57. The molecule has 0 saturated carbocycles. The number of ether oxygens (including phenoxy) is 1. The second-order valence-corrected chi connectivity index (χ2v) is 9.19. The van der Waals surface area contributed by atoms with Crippen LogP contribution in [0.25, 0.3) is 0 Å². The van der Waals surface area contributed by atoms with Crippen LogP contribution in [0.15, 0.2) is 47.4 Å². The molecule has 1 fully saturated rings. The highest BCUT2D eigenvalue weighted by molar-refractivity contribution is 7.89. The Morgan fingerprint density at radius 2 is 1.76 bits per heavy atom. The lowest BCUT2D eigenvalue weighted by Crippen LogP contribution is -2.40. The van der Waals surface area contributed by atoms with Crippen LogP contribution in [-0.2, 0) is 32.4 Å². The van der Waals surface area contributed by atoms with E-state index in [1.165, 1.54) is 22.0 Å². The van der Waals surface area contributed by atoms with Crippen LogP contribution in [0.4, 0.5) is 5.69 Å². The summed E-state index contributed by atoms with van der Waals surface area (Å²) in [6.07, 6.45) is 1.90. The highest BCUT2D eigenvalue weighted by Gasteiger charge is 2.28. The first-order valence-electron chi connectivity index (χ1n) is 9.65. The molecule has 0 aromatic heterocycles. The normalized spacial score (nSPS) is 15.2. The summed E-state index contributed by atoms with van der Waals surface area (Å²) in [4.78, 5) is 12.3. The third-order valence-corrected chi connectivity index (χ3v) is 7.25. The van der Waals surface area contributed by atoms with Gasteiger partial charge in [-0.2, -0.15) is 4.31 Å². The minimum absolute atomic E-state index is 0.00554. The van der Waals surface area contributed by atoms with Gasteiger partial charge in [0.2, 0.25) is 15.9 Å². The first kappa shape index (κ1) is 21.8. The number of carbonyl (C=O) groups is 1. The van der Waals surface area contributed by atoms with E-state index < -0.39 is 10.0 Å². The van der Waals surface area contributed by atoms with Gasteiger partial charge in [-0.3, -0.25) is 4.79 Å². The molecule has 1 heterocycles. The first-order chi connectivity index (χ1) is 13.9. The number of carbonyl (C=O) groups excluding carboxylic acids is 1. The number of halogens is 1. The van der Waals surface area contributed by atoms with Crippen LogP contribution in [0.5, 0.6) is 0 Å². The van der Waals surface area contributed by atoms with Gasteiger partial charge in [0, 0.05) is 25.2 Å². The van der Waals surface area contributed by atoms with Crippen LogP contribution < -0.4 is 5.32 Å². The predicted octanol–water partition coefficient (Wildman–Crippen LogP) is 3.49. The molecule has 0 unspecified atom stereocenters. The molecule has 0 aliphatic carbocycles. The number of nitrogens with one attached hydrogen (secondary N) is 1. The average Bonchev–Trinajstić information content (AvgIpc) is 2.74. The Hall–Kier alpha value is -1.93. The average molecular weight is 437 g/mol. The Bertz CT molecular complexity index is 955. The molecular formula is C21H25ClN2O4S. The van der Waals surface area contributed by atoms with E-state index in [0.29, 0.717) is 31.7 Å². The Morgan fingerprint density at radius 3 is 2.41 bits per heavy atom. The monoisotopic (exact) mass is 436 g/mol. The number of sulfonamides is 1. The largest absolute Gasteiger partial charge is 0.379 e. The van der Waals surface area contributed by atoms with Gasteiger partial charge in [0.15, 0.2) is 0 Å². The molecule has 29 heavy (non-hydrogen) atoms.